The van der Waals surface area contributed by atoms with Gasteiger partial charge in [0.15, 0.2) is 23.0 Å². The summed E-state index contributed by atoms with van der Waals surface area (Å²) in [4.78, 5) is 25.2. The van der Waals surface area contributed by atoms with Gasteiger partial charge in [0.2, 0.25) is 6.79 Å². The number of carbonyl (C=O) groups is 2. The summed E-state index contributed by atoms with van der Waals surface area (Å²) < 4.78 is 72.7. The highest BCUT2D eigenvalue weighted by molar-refractivity contribution is 6.10. The molecule has 2 aliphatic heterocycles. The fourth-order valence-corrected chi connectivity index (χ4v) is 8.31. The largest absolute Gasteiger partial charge is 0.497 e. The maximum Gasteiger partial charge on any atom is 0.305 e. The van der Waals surface area contributed by atoms with Crippen LogP contribution in [0.5, 0.6) is 28.7 Å². The first-order valence-electron chi connectivity index (χ1n) is 23.0. The third kappa shape index (κ3) is 15.0. The minimum Gasteiger partial charge on any atom is -0.497 e. The van der Waals surface area contributed by atoms with Gasteiger partial charge in [-0.3, -0.25) is 14.6 Å². The average molecular weight is 955 g/mol. The smallest absolute Gasteiger partial charge is 0.305 e. The Bertz CT molecular complexity index is 2020. The third-order valence-electron chi connectivity index (χ3n) is 11.5. The first-order chi connectivity index (χ1) is 33.4. The lowest BCUT2D eigenvalue weighted by Crippen LogP contribution is -2.41. The highest BCUT2D eigenvalue weighted by atomic mass is 16.7. The van der Waals surface area contributed by atoms with E-state index in [1.165, 1.54) is 7.11 Å². The van der Waals surface area contributed by atoms with E-state index in [9.17, 15) is 14.7 Å². The number of aliphatic hydroxyl groups excluding tert-OH is 1. The van der Waals surface area contributed by atoms with Gasteiger partial charge in [-0.15, -0.1) is 0 Å². The Hall–Kier alpha value is -5.09. The quantitative estimate of drug-likeness (QED) is 0.0778. The number of hydrogen-bond donors (Lipinski definition) is 2. The lowest BCUT2D eigenvalue weighted by atomic mass is 9.63. The molecule has 0 aromatic heterocycles. The molecule has 2 heterocycles. The SMILES string of the molecule is COc1ccc(N2C[C@@H]3C(=N2)c2cc4c(cc2[C@@H](c2cc(CO)c(OC)c(OC)c2)[C@H]3C(=O)CCCOCCOCCOCCOCCOCCOCCOCCOCCC(=O)O)OCO4)cc1. The van der Waals surface area contributed by atoms with Crippen molar-refractivity contribution in [2.45, 2.75) is 31.8 Å². The van der Waals surface area contributed by atoms with Crippen molar-refractivity contribution in [2.75, 3.05) is 145 Å². The van der Waals surface area contributed by atoms with Gasteiger partial charge in [0, 0.05) is 41.9 Å². The number of rotatable bonds is 35. The van der Waals surface area contributed by atoms with Crippen LogP contribution in [0.15, 0.2) is 53.6 Å². The molecule has 0 saturated carbocycles. The molecule has 19 nitrogen and oxygen atoms in total. The van der Waals surface area contributed by atoms with Gasteiger partial charge >= 0.3 is 5.97 Å². The second-order valence-electron chi connectivity index (χ2n) is 15.9. The Kier molecular flexibility index (Phi) is 21.8. The van der Waals surface area contributed by atoms with E-state index in [-0.39, 0.29) is 44.5 Å². The Labute approximate surface area is 397 Å². The number of carbonyl (C=O) groups excluding carboxylic acids is 1. The van der Waals surface area contributed by atoms with Crippen LogP contribution in [0.1, 0.15) is 47.4 Å². The highest BCUT2D eigenvalue weighted by Gasteiger charge is 2.49. The molecule has 1 aliphatic carbocycles. The van der Waals surface area contributed by atoms with Crippen LogP contribution >= 0.6 is 0 Å². The van der Waals surface area contributed by atoms with Gasteiger partial charge in [-0.05, 0) is 66.1 Å². The zero-order chi connectivity index (χ0) is 47.9. The molecule has 0 radical (unpaired) electrons. The minimum atomic E-state index is -0.886. The molecule has 19 heteroatoms. The number of hydrogen-bond acceptors (Lipinski definition) is 18. The standard InChI is InChI=1S/C49H66N2O17/c1-56-37-8-6-36(7-9-37)51-31-40-47(46(34-27-35(32-52)49(58-3)44(28-34)57-2)38-29-42-43(68-33-67-42)30-39(38)48(40)50-51)41(53)5-4-11-59-13-15-61-17-19-63-21-23-65-25-26-66-24-22-64-20-18-62-16-14-60-12-10-45(54)55/h6-9,27-30,40,46-47,52H,4-5,10-26,31-33H2,1-3H3,(H,54,55)/t40-,46+,47+/m0/s1. The molecule has 0 unspecified atom stereocenters. The monoisotopic (exact) mass is 954 g/mol. The molecule has 68 heavy (non-hydrogen) atoms. The number of aliphatic carboxylic acids is 1. The van der Waals surface area contributed by atoms with Crippen LogP contribution in [0.25, 0.3) is 0 Å². The Morgan fingerprint density at radius 1 is 0.662 bits per heavy atom. The molecule has 0 amide bonds. The van der Waals surface area contributed by atoms with Gasteiger partial charge < -0.3 is 71.8 Å². The number of benzene rings is 3. The Morgan fingerprint density at radius 2 is 1.21 bits per heavy atom. The molecule has 0 bridgehead atoms. The summed E-state index contributed by atoms with van der Waals surface area (Å²) in [5, 5.41) is 26.1. The number of methoxy groups -OCH3 is 3. The summed E-state index contributed by atoms with van der Waals surface area (Å²) >= 11 is 0. The first-order valence-corrected chi connectivity index (χ1v) is 23.0. The number of Topliss-reactive ketones (excluding diaryl/α,β-unsaturated/α-hetero) is 1. The molecular weight excluding hydrogens is 889 g/mol. The summed E-state index contributed by atoms with van der Waals surface area (Å²) in [7, 11) is 4.72. The molecule has 3 aliphatic rings. The zero-order valence-electron chi connectivity index (χ0n) is 39.3. The predicted molar refractivity (Wildman–Crippen MR) is 247 cm³/mol. The normalized spacial score (nSPS) is 16.9. The third-order valence-corrected chi connectivity index (χ3v) is 11.5. The van der Waals surface area contributed by atoms with Crippen LogP contribution in [-0.4, -0.2) is 168 Å². The fourth-order valence-electron chi connectivity index (χ4n) is 8.31. The summed E-state index contributed by atoms with van der Waals surface area (Å²) in [5.74, 6) is 0.772. The van der Waals surface area contributed by atoms with E-state index in [1.807, 2.05) is 53.5 Å². The molecular formula is C49H66N2O17. The van der Waals surface area contributed by atoms with Crippen molar-refractivity contribution < 1.29 is 81.4 Å². The van der Waals surface area contributed by atoms with Crippen molar-refractivity contribution in [3.05, 3.63) is 70.8 Å². The van der Waals surface area contributed by atoms with Crippen LogP contribution in [-0.2, 0) is 54.1 Å². The van der Waals surface area contributed by atoms with Crippen molar-refractivity contribution >= 4 is 23.2 Å². The Balaban J connectivity index is 0.915. The van der Waals surface area contributed by atoms with E-state index in [2.05, 4.69) is 0 Å². The highest BCUT2D eigenvalue weighted by Crippen LogP contribution is 2.52. The molecule has 0 spiro atoms. The van der Waals surface area contributed by atoms with Gasteiger partial charge in [-0.2, -0.15) is 5.10 Å². The maximum atomic E-state index is 14.8. The van der Waals surface area contributed by atoms with Crippen molar-refractivity contribution in [2.24, 2.45) is 16.9 Å². The number of hydrazone groups is 1. The second kappa shape index (κ2) is 28.4. The lowest BCUT2D eigenvalue weighted by Gasteiger charge is -2.38. The number of anilines is 1. The van der Waals surface area contributed by atoms with Gasteiger partial charge in [0.05, 0.1) is 151 Å². The van der Waals surface area contributed by atoms with E-state index in [1.54, 1.807) is 14.2 Å². The van der Waals surface area contributed by atoms with Crippen LogP contribution in [0.2, 0.25) is 0 Å². The van der Waals surface area contributed by atoms with Crippen LogP contribution in [0.3, 0.4) is 0 Å². The summed E-state index contributed by atoms with van der Waals surface area (Å²) in [6.07, 6.45) is 0.772. The number of carboxylic acids is 1. The van der Waals surface area contributed by atoms with E-state index >= 15 is 0 Å². The molecule has 3 atom stereocenters. The van der Waals surface area contributed by atoms with Crippen LogP contribution < -0.4 is 28.7 Å². The molecule has 6 rings (SSSR count). The molecule has 2 N–H and O–H groups in total. The zero-order valence-corrected chi connectivity index (χ0v) is 39.3. The van der Waals surface area contributed by atoms with Crippen LogP contribution in [0.4, 0.5) is 5.69 Å². The number of aliphatic hydroxyl groups is 1. The van der Waals surface area contributed by atoms with E-state index in [0.717, 1.165) is 33.8 Å². The Morgan fingerprint density at radius 3 is 1.72 bits per heavy atom. The van der Waals surface area contributed by atoms with E-state index in [0.29, 0.717) is 141 Å². The average Bonchev–Trinajstić information content (AvgIpc) is 4.02. The first kappa shape index (κ1) is 52.3. The fraction of sp³-hybridized carbons (Fsp3) is 0.571. The number of ketones is 1. The van der Waals surface area contributed by atoms with E-state index < -0.39 is 17.8 Å². The minimum absolute atomic E-state index is 0.0187. The van der Waals surface area contributed by atoms with Crippen molar-refractivity contribution in [3.63, 3.8) is 0 Å². The second-order valence-corrected chi connectivity index (χ2v) is 15.9. The number of nitrogens with zero attached hydrogens (tertiary/aromatic N) is 2. The molecule has 3 aromatic rings. The van der Waals surface area contributed by atoms with Crippen molar-refractivity contribution in [3.8, 4) is 28.7 Å². The van der Waals surface area contributed by atoms with Gasteiger partial charge in [-0.25, -0.2) is 0 Å². The lowest BCUT2D eigenvalue weighted by molar-refractivity contribution is -0.138. The van der Waals surface area contributed by atoms with Gasteiger partial charge in [-0.1, -0.05) is 0 Å². The van der Waals surface area contributed by atoms with Crippen molar-refractivity contribution in [1.82, 2.24) is 0 Å². The maximum absolute atomic E-state index is 14.8. The van der Waals surface area contributed by atoms with Gasteiger partial charge in [0.1, 0.15) is 11.5 Å². The number of carboxylic acid groups (broad SMARTS) is 1. The number of ether oxygens (including phenoxy) is 13. The van der Waals surface area contributed by atoms with E-state index in [4.69, 9.17) is 71.8 Å². The topological polar surface area (TPSA) is 210 Å². The van der Waals surface area contributed by atoms with Crippen LogP contribution in [0, 0.1) is 11.8 Å². The number of fused-ring (bicyclic) bond motifs is 4. The summed E-state index contributed by atoms with van der Waals surface area (Å²) in [6.45, 7) is 6.66. The summed E-state index contributed by atoms with van der Waals surface area (Å²) in [5.41, 5.74) is 4.78. The molecule has 3 aromatic carbocycles. The summed E-state index contributed by atoms with van der Waals surface area (Å²) in [6, 6.07) is 15.4. The predicted octanol–water partition coefficient (Wildman–Crippen LogP) is 4.49. The van der Waals surface area contributed by atoms with Crippen molar-refractivity contribution in [1.29, 1.82) is 0 Å². The molecule has 374 valence electrons. The molecule has 0 saturated heterocycles. The molecule has 0 fully saturated rings. The van der Waals surface area contributed by atoms with Gasteiger partial charge in [0.25, 0.3) is 0 Å².